The fourth-order valence-electron chi connectivity index (χ4n) is 2.76. The summed E-state index contributed by atoms with van der Waals surface area (Å²) in [6.45, 7) is 1.60. The molecule has 0 aliphatic carbocycles. The summed E-state index contributed by atoms with van der Waals surface area (Å²) in [6, 6.07) is 0. The number of rotatable bonds is 6. The Morgan fingerprint density at radius 3 is 2.48 bits per heavy atom. The molecule has 0 saturated heterocycles. The molecule has 0 fully saturated rings. The Balaban J connectivity index is 2.74. The molecule has 158 valence electrons. The molecule has 2 rings (SSSR count). The van der Waals surface area contributed by atoms with Crippen LogP contribution in [0.3, 0.4) is 0 Å². The van der Waals surface area contributed by atoms with Crippen LogP contribution in [0.1, 0.15) is 34.7 Å². The summed E-state index contributed by atoms with van der Waals surface area (Å²) >= 11 is 0. The number of carbonyl (C=O) groups is 2. The second kappa shape index (κ2) is 8.19. The van der Waals surface area contributed by atoms with Crippen molar-refractivity contribution in [3.8, 4) is 0 Å². The van der Waals surface area contributed by atoms with Crippen molar-refractivity contribution in [1.29, 1.82) is 0 Å². The lowest BCUT2D eigenvalue weighted by molar-refractivity contribution is -0.164. The summed E-state index contributed by atoms with van der Waals surface area (Å²) in [5.74, 6) is -4.64. The van der Waals surface area contributed by atoms with Gasteiger partial charge in [0.15, 0.2) is 11.5 Å². The van der Waals surface area contributed by atoms with E-state index in [1.165, 1.54) is 32.3 Å². The molecule has 2 atom stereocenters. The van der Waals surface area contributed by atoms with E-state index in [2.05, 4.69) is 10.1 Å². The second-order valence-electron chi connectivity index (χ2n) is 6.50. The van der Waals surface area contributed by atoms with Gasteiger partial charge in [0.25, 0.3) is 5.78 Å². The maximum atomic E-state index is 13.2. The van der Waals surface area contributed by atoms with Crippen molar-refractivity contribution in [3.63, 3.8) is 0 Å². The number of nitrogens with zero attached hydrogens (tertiary/aromatic N) is 3. The predicted octanol–water partition coefficient (Wildman–Crippen LogP) is 2.58. The highest BCUT2D eigenvalue weighted by molar-refractivity contribution is 6.24. The van der Waals surface area contributed by atoms with E-state index >= 15 is 0 Å². The maximum Gasteiger partial charge on any atom is 0.455 e. The van der Waals surface area contributed by atoms with E-state index in [9.17, 15) is 22.8 Å². The van der Waals surface area contributed by atoms with Gasteiger partial charge in [-0.3, -0.25) is 9.79 Å². The second-order valence-corrected chi connectivity index (χ2v) is 6.50. The van der Waals surface area contributed by atoms with Gasteiger partial charge in [0.2, 0.25) is 0 Å². The molecule has 8 nitrogen and oxygen atoms in total. The molecule has 1 aliphatic heterocycles. The van der Waals surface area contributed by atoms with Crippen molar-refractivity contribution in [2.75, 3.05) is 28.3 Å². The third kappa shape index (κ3) is 4.39. The lowest BCUT2D eigenvalue weighted by Crippen LogP contribution is -2.35. The van der Waals surface area contributed by atoms with Gasteiger partial charge < -0.3 is 18.9 Å². The van der Waals surface area contributed by atoms with Gasteiger partial charge >= 0.3 is 12.1 Å². The van der Waals surface area contributed by atoms with Crippen molar-refractivity contribution in [3.05, 3.63) is 35.4 Å². The van der Waals surface area contributed by atoms with Gasteiger partial charge in [0.1, 0.15) is 11.3 Å². The first-order chi connectivity index (χ1) is 13.5. The number of hydrogen-bond acceptors (Lipinski definition) is 8. The number of ether oxygens (including phenoxy) is 2. The zero-order valence-electron chi connectivity index (χ0n) is 16.4. The maximum absolute atomic E-state index is 13.2. The van der Waals surface area contributed by atoms with Crippen LogP contribution in [0.4, 0.5) is 13.2 Å². The first-order valence-electron chi connectivity index (χ1n) is 8.31. The number of halogens is 3. The molecule has 11 heteroatoms. The summed E-state index contributed by atoms with van der Waals surface area (Å²) in [5.41, 5.74) is -2.56. The largest absolute Gasteiger partial charge is 0.465 e. The summed E-state index contributed by atoms with van der Waals surface area (Å²) in [5, 5.41) is 3.78. The fourth-order valence-corrected chi connectivity index (χ4v) is 2.76. The molecule has 0 amide bonds. The van der Waals surface area contributed by atoms with Gasteiger partial charge in [-0.05, 0) is 13.0 Å². The minimum Gasteiger partial charge on any atom is -0.465 e. The number of esters is 1. The number of Topliss-reactive ketones (excluding diaryl/α,β-unsaturated/α-hetero) is 1. The van der Waals surface area contributed by atoms with Gasteiger partial charge in [-0.2, -0.15) is 13.2 Å². The van der Waals surface area contributed by atoms with Gasteiger partial charge in [-0.25, -0.2) is 4.79 Å². The van der Waals surface area contributed by atoms with Gasteiger partial charge in [0.05, 0.1) is 18.6 Å². The zero-order chi connectivity index (χ0) is 22.0. The van der Waals surface area contributed by atoms with Gasteiger partial charge in [-0.15, -0.1) is 0 Å². The van der Waals surface area contributed by atoms with Crippen molar-refractivity contribution in [2.45, 2.75) is 24.7 Å². The van der Waals surface area contributed by atoms with Crippen molar-refractivity contribution in [2.24, 2.45) is 4.99 Å². The van der Waals surface area contributed by atoms with Crippen LogP contribution in [0.25, 0.3) is 5.57 Å². The van der Waals surface area contributed by atoms with E-state index in [1.807, 2.05) is 0 Å². The Labute approximate surface area is 164 Å². The number of alkyl halides is 3. The quantitative estimate of drug-likeness (QED) is 0.521. The highest BCUT2D eigenvalue weighted by Crippen LogP contribution is 2.39. The molecule has 1 aliphatic rings. The first kappa shape index (κ1) is 22.3. The molecule has 0 bridgehead atoms. The van der Waals surface area contributed by atoms with Crippen LogP contribution in [0, 0.1) is 0 Å². The Hall–Kier alpha value is -2.95. The van der Waals surface area contributed by atoms with E-state index in [1.54, 1.807) is 19.1 Å². The predicted molar refractivity (Wildman–Crippen MR) is 96.4 cm³/mol. The lowest BCUT2D eigenvalue weighted by atomic mass is 9.88. The molecule has 1 aromatic rings. The molecule has 0 radical (unpaired) electrons. The van der Waals surface area contributed by atoms with Crippen LogP contribution in [-0.2, 0) is 14.3 Å². The summed E-state index contributed by atoms with van der Waals surface area (Å²) in [6.07, 6.45) is 0.350. The Morgan fingerprint density at radius 1 is 1.31 bits per heavy atom. The summed E-state index contributed by atoms with van der Waals surface area (Å²) in [4.78, 5) is 29.9. The Morgan fingerprint density at radius 2 is 1.97 bits per heavy atom. The molecule has 0 spiro atoms. The topological polar surface area (TPSA) is 94.2 Å². The number of aromatic nitrogens is 1. The Kier molecular flexibility index (Phi) is 6.31. The number of ketones is 1. The first-order valence-corrected chi connectivity index (χ1v) is 8.31. The van der Waals surface area contributed by atoms with Crippen LogP contribution in [-0.4, -0.2) is 68.2 Å². The van der Waals surface area contributed by atoms with Crippen LogP contribution in [0.15, 0.2) is 27.9 Å². The summed E-state index contributed by atoms with van der Waals surface area (Å²) < 4.78 is 54.6. The minimum absolute atomic E-state index is 0.0658. The normalized spacial score (nSPS) is 21.9. The van der Waals surface area contributed by atoms with Gasteiger partial charge in [-0.1, -0.05) is 11.2 Å². The smallest absolute Gasteiger partial charge is 0.455 e. The van der Waals surface area contributed by atoms with E-state index in [4.69, 9.17) is 14.0 Å². The third-order valence-corrected chi connectivity index (χ3v) is 4.25. The zero-order valence-corrected chi connectivity index (χ0v) is 16.4. The average Bonchev–Trinajstić information content (AvgIpc) is 3.08. The molecule has 0 saturated carbocycles. The van der Waals surface area contributed by atoms with E-state index in [0.717, 1.165) is 13.3 Å². The molecule has 0 N–H and O–H groups in total. The number of hydrogen-bond donors (Lipinski definition) is 0. The molecular formula is C18H20F3N3O5. The number of carbonyl (C=O) groups excluding carboxylic acids is 2. The summed E-state index contributed by atoms with van der Waals surface area (Å²) in [7, 11) is 5.26. The number of aliphatic imine (C=N–C) groups is 1. The molecule has 2 heterocycles. The van der Waals surface area contributed by atoms with Crippen molar-refractivity contribution >= 4 is 23.5 Å². The molecule has 29 heavy (non-hydrogen) atoms. The van der Waals surface area contributed by atoms with E-state index in [-0.39, 0.29) is 5.69 Å². The minimum atomic E-state index is -5.20. The van der Waals surface area contributed by atoms with E-state index < -0.39 is 46.5 Å². The monoisotopic (exact) mass is 415 g/mol. The number of allylic oxidation sites excluding steroid dienone is 2. The standard InChI is InChI=1S/C18H20F3N3O5/c1-17(28-5)11(7-6-8-22-17)13-12(16(26)27-4)14(29-23-13)10(9-24(2)3)15(25)18(19,20)21/h6-9,11H,1-5H3/b10-9-. The fraction of sp³-hybridized carbons (Fsp3) is 0.444. The van der Waals surface area contributed by atoms with Crippen LogP contribution in [0.2, 0.25) is 0 Å². The molecule has 0 aromatic carbocycles. The van der Waals surface area contributed by atoms with Crippen LogP contribution < -0.4 is 0 Å². The average molecular weight is 415 g/mol. The van der Waals surface area contributed by atoms with Crippen LogP contribution in [0.5, 0.6) is 0 Å². The molecule has 1 aromatic heterocycles. The number of methoxy groups -OCH3 is 2. The highest BCUT2D eigenvalue weighted by atomic mass is 19.4. The Bertz CT molecular complexity index is 886. The van der Waals surface area contributed by atoms with Gasteiger partial charge in [0, 0.05) is 33.6 Å². The third-order valence-electron chi connectivity index (χ3n) is 4.25. The SMILES string of the molecule is COC(=O)c1c(C2C=CC=NC2(C)OC)noc1/C(=C/N(C)C)C(=O)C(F)(F)F. The van der Waals surface area contributed by atoms with E-state index in [0.29, 0.717) is 0 Å². The van der Waals surface area contributed by atoms with Crippen LogP contribution >= 0.6 is 0 Å². The highest BCUT2D eigenvalue weighted by Gasteiger charge is 2.46. The molecular weight excluding hydrogens is 395 g/mol. The molecule has 2 unspecified atom stereocenters. The lowest BCUT2D eigenvalue weighted by Gasteiger charge is -2.31. The van der Waals surface area contributed by atoms with Crippen molar-refractivity contribution < 1.29 is 36.8 Å². The van der Waals surface area contributed by atoms with Crippen molar-refractivity contribution in [1.82, 2.24) is 10.1 Å². The number of dihydropyridines is 1.